The van der Waals surface area contributed by atoms with Crippen molar-refractivity contribution in [3.8, 4) is 39.5 Å². The topological polar surface area (TPSA) is 30.7 Å². The van der Waals surface area contributed by atoms with Gasteiger partial charge in [0, 0.05) is 30.5 Å². The summed E-state index contributed by atoms with van der Waals surface area (Å²) in [6.07, 6.45) is 2.00. The van der Waals surface area contributed by atoms with Crippen molar-refractivity contribution in [2.45, 2.75) is 64.7 Å². The van der Waals surface area contributed by atoms with Crippen LogP contribution in [0.5, 0.6) is 0 Å². The van der Waals surface area contributed by atoms with E-state index in [9.17, 15) is 4.39 Å². The Bertz CT molecular complexity index is 2990. The number of halogens is 1. The number of hydrogen-bond donors (Lipinski definition) is 0. The van der Waals surface area contributed by atoms with Gasteiger partial charge in [-0.15, -0.1) is 18.2 Å². The molecule has 0 spiro atoms. The SMILES string of the molecule is Cc1cc(F)cc(C)c1-c1ccc2sc3c(-c4nc5ccccc5n4-c4c(C)cccc4C)[c-]ccc3c2c1.[2H]C(C)(C)c1cc(-c2[c-]cccc2)nc[c]1[Ge]([CH3])([CH3])[CH3].[Ir]. The molecule has 0 aliphatic carbocycles. The van der Waals surface area contributed by atoms with Gasteiger partial charge in [0.15, 0.2) is 0 Å². The maximum atomic E-state index is 14.0. The fourth-order valence-corrected chi connectivity index (χ4v) is 12.7. The number of aromatic nitrogens is 3. The predicted molar refractivity (Wildman–Crippen MR) is 248 cm³/mol. The predicted octanol–water partition coefficient (Wildman–Crippen LogP) is 14.1. The van der Waals surface area contributed by atoms with Crippen LogP contribution in [0.2, 0.25) is 17.3 Å². The molecular weight excluding hydrogens is 982 g/mol. The zero-order valence-corrected chi connectivity index (χ0v) is 40.3. The molecular formula is C52H48FGeIrN3S-2. The molecule has 0 unspecified atom stereocenters. The number of rotatable bonds is 6. The van der Waals surface area contributed by atoms with Crippen molar-refractivity contribution in [3.05, 3.63) is 167 Å². The third kappa shape index (κ3) is 8.26. The monoisotopic (exact) mass is 1030 g/mol. The summed E-state index contributed by atoms with van der Waals surface area (Å²) >= 11 is -0.250. The Morgan fingerprint density at radius 2 is 1.47 bits per heavy atom. The summed E-state index contributed by atoms with van der Waals surface area (Å²) in [5.41, 5.74) is 13.7. The third-order valence-electron chi connectivity index (χ3n) is 10.9. The Hall–Kier alpha value is -4.72. The molecule has 7 heteroatoms. The first-order valence-corrected chi connectivity index (χ1v) is 27.9. The van der Waals surface area contributed by atoms with Crippen molar-refractivity contribution in [1.29, 1.82) is 0 Å². The van der Waals surface area contributed by atoms with Crippen LogP contribution >= 0.6 is 11.3 Å². The molecule has 9 rings (SSSR count). The van der Waals surface area contributed by atoms with Gasteiger partial charge < -0.3 is 4.57 Å². The maximum absolute atomic E-state index is 14.0. The van der Waals surface area contributed by atoms with Crippen molar-refractivity contribution in [2.75, 3.05) is 0 Å². The number of benzene rings is 6. The molecule has 0 saturated heterocycles. The molecule has 0 amide bonds. The number of aryl methyl sites for hydroxylation is 4. The minimum absolute atomic E-state index is 0. The van der Waals surface area contributed by atoms with Crippen LogP contribution in [0, 0.1) is 45.6 Å². The Morgan fingerprint density at radius 3 is 2.15 bits per heavy atom. The number of thiophene rings is 1. The average molecular weight is 1030 g/mol. The van der Waals surface area contributed by atoms with Crippen molar-refractivity contribution in [2.24, 2.45) is 0 Å². The molecule has 9 aromatic rings. The van der Waals surface area contributed by atoms with E-state index in [-0.39, 0.29) is 25.9 Å². The van der Waals surface area contributed by atoms with Gasteiger partial charge in [0.2, 0.25) is 0 Å². The zero-order chi connectivity index (χ0) is 41.8. The number of hydrogen-bond acceptors (Lipinski definition) is 3. The molecule has 0 saturated carbocycles. The summed E-state index contributed by atoms with van der Waals surface area (Å²) in [4.78, 5) is 9.78. The van der Waals surface area contributed by atoms with Crippen LogP contribution in [0.25, 0.3) is 70.7 Å². The molecule has 0 aliphatic rings. The van der Waals surface area contributed by atoms with Gasteiger partial charge in [-0.25, -0.2) is 4.39 Å². The molecule has 0 N–H and O–H groups in total. The van der Waals surface area contributed by atoms with Crippen LogP contribution in [0.4, 0.5) is 4.39 Å². The van der Waals surface area contributed by atoms with Crippen LogP contribution in [0.3, 0.4) is 0 Å². The molecule has 0 bridgehead atoms. The number of nitrogens with zero attached hydrogens (tertiary/aromatic N) is 3. The molecule has 3 nitrogen and oxygen atoms in total. The minimum atomic E-state index is -2.03. The third-order valence-corrected chi connectivity index (χ3v) is 16.3. The molecule has 0 aliphatic heterocycles. The van der Waals surface area contributed by atoms with Crippen LogP contribution in [0.15, 0.2) is 121 Å². The van der Waals surface area contributed by atoms with Crippen molar-refractivity contribution < 1.29 is 25.9 Å². The van der Waals surface area contributed by atoms with Gasteiger partial charge in [0.25, 0.3) is 0 Å². The second-order valence-electron chi connectivity index (χ2n) is 16.5. The van der Waals surface area contributed by atoms with E-state index < -0.39 is 19.2 Å². The number of para-hydroxylation sites is 3. The van der Waals surface area contributed by atoms with E-state index in [1.54, 1.807) is 23.5 Å². The van der Waals surface area contributed by atoms with Gasteiger partial charge in [0.1, 0.15) is 5.82 Å². The normalized spacial score (nSPS) is 12.0. The van der Waals surface area contributed by atoms with Gasteiger partial charge in [-0.05, 0) is 108 Å². The molecule has 3 heterocycles. The van der Waals surface area contributed by atoms with E-state index in [1.165, 1.54) is 35.7 Å². The average Bonchev–Trinajstić information content (AvgIpc) is 3.76. The Balaban J connectivity index is 0.000000220. The molecule has 299 valence electrons. The van der Waals surface area contributed by atoms with Crippen molar-refractivity contribution in [3.63, 3.8) is 0 Å². The summed E-state index contributed by atoms with van der Waals surface area (Å²) < 4.78 is 28.5. The first kappa shape index (κ1) is 41.0. The first-order chi connectivity index (χ1) is 28.1. The molecule has 0 fully saturated rings. The maximum Gasteiger partial charge on any atom is 0 e. The standard InChI is InChI=1S/C35H26FN2S.C17H22GeN.Ir/c1-20-9-7-10-21(2)33(20)38-30-14-6-5-13-29(30)37-35(38)27-12-8-11-26-28-19-24(15-16-31(28)39-34(26)27)32-22(3)17-25(36)18-23(32)4;1-13(2)15-11-17(14-9-7-6-8-10-14)19-12-16(15)18(3,4)5;/h5-11,13-19H,1-4H3;6-9,11-13H,1-5H3;/q2*-1;/i;13D;. The van der Waals surface area contributed by atoms with E-state index in [2.05, 4.69) is 120 Å². The summed E-state index contributed by atoms with van der Waals surface area (Å²) in [5, 5.41) is 2.38. The van der Waals surface area contributed by atoms with Gasteiger partial charge in [-0.3, -0.25) is 4.98 Å². The summed E-state index contributed by atoms with van der Waals surface area (Å²) in [7, 11) is 0. The van der Waals surface area contributed by atoms with Crippen LogP contribution in [0.1, 0.15) is 48.9 Å². The van der Waals surface area contributed by atoms with Crippen molar-refractivity contribution >= 4 is 60.2 Å². The Labute approximate surface area is 369 Å². The molecule has 59 heavy (non-hydrogen) atoms. The second kappa shape index (κ2) is 17.1. The Morgan fingerprint density at radius 1 is 0.763 bits per heavy atom. The van der Waals surface area contributed by atoms with Gasteiger partial charge >= 0.3 is 120 Å². The number of fused-ring (bicyclic) bond motifs is 4. The summed E-state index contributed by atoms with van der Waals surface area (Å²) in [6, 6.07) is 45.5. The van der Waals surface area contributed by atoms with Gasteiger partial charge in [-0.2, -0.15) is 11.3 Å². The fourth-order valence-electron chi connectivity index (χ4n) is 8.17. The molecule has 6 aromatic carbocycles. The molecule has 1 radical (unpaired) electrons. The van der Waals surface area contributed by atoms with Gasteiger partial charge in [-0.1, -0.05) is 47.3 Å². The first-order valence-electron chi connectivity index (χ1n) is 20.3. The van der Waals surface area contributed by atoms with Crippen LogP contribution in [-0.4, -0.2) is 27.8 Å². The summed E-state index contributed by atoms with van der Waals surface area (Å²) in [5.74, 6) is 7.15. The number of pyridine rings is 1. The Kier molecular flexibility index (Phi) is 11.9. The molecule has 3 aromatic heterocycles. The zero-order valence-electron chi connectivity index (χ0n) is 36.0. The fraction of sp³-hybridized carbons (Fsp3) is 0.192. The minimum Gasteiger partial charge on any atom is 0 e. The largest absolute Gasteiger partial charge is 0 e. The van der Waals surface area contributed by atoms with E-state index in [4.69, 9.17) is 6.35 Å². The molecule has 0 atom stereocenters. The van der Waals surface area contributed by atoms with Gasteiger partial charge in [0.05, 0.1) is 16.9 Å². The number of imidazole rings is 1. The van der Waals surface area contributed by atoms with Crippen molar-refractivity contribution in [1.82, 2.24) is 14.5 Å². The van der Waals surface area contributed by atoms with E-state index in [0.717, 1.165) is 67.2 Å². The van der Waals surface area contributed by atoms with E-state index in [1.807, 2.05) is 70.3 Å². The summed E-state index contributed by atoms with van der Waals surface area (Å²) in [6.45, 7) is 12.2. The van der Waals surface area contributed by atoms with Crippen LogP contribution in [-0.2, 0) is 20.1 Å². The van der Waals surface area contributed by atoms with E-state index in [0.29, 0.717) is 0 Å². The second-order valence-corrected chi connectivity index (χ2v) is 28.1. The van der Waals surface area contributed by atoms with E-state index >= 15 is 0 Å². The van der Waals surface area contributed by atoms with Crippen LogP contribution < -0.4 is 4.40 Å². The smallest absolute Gasteiger partial charge is 0 e. The quantitative estimate of drug-likeness (QED) is 0.123.